The van der Waals surface area contributed by atoms with Gasteiger partial charge in [0.25, 0.3) is 0 Å². The number of rotatable bonds is 6. The molecule has 0 aliphatic carbocycles. The second kappa shape index (κ2) is 9.28. The van der Waals surface area contributed by atoms with Crippen LogP contribution in [0.3, 0.4) is 0 Å². The number of methoxy groups -OCH3 is 1. The number of benzene rings is 1. The summed E-state index contributed by atoms with van der Waals surface area (Å²) in [5.74, 6) is 0.304. The highest BCUT2D eigenvalue weighted by molar-refractivity contribution is 7.89. The first-order chi connectivity index (χ1) is 15.0. The third-order valence-corrected chi connectivity index (χ3v) is 8.89. The Labute approximate surface area is 187 Å². The first-order valence-electron chi connectivity index (χ1n) is 10.6. The molecule has 1 aromatic heterocycles. The number of nitrogens with zero attached hydrogens (tertiary/aromatic N) is 2. The number of amides is 1. The van der Waals surface area contributed by atoms with Crippen LogP contribution in [-0.2, 0) is 32.4 Å². The molecule has 168 valence electrons. The molecule has 1 unspecified atom stereocenters. The topological polar surface area (TPSA) is 76.2 Å². The Bertz CT molecular complexity index is 1040. The largest absolute Gasteiger partial charge is 0.495 e. The second-order valence-corrected chi connectivity index (χ2v) is 10.6. The van der Waals surface area contributed by atoms with Gasteiger partial charge in [0.2, 0.25) is 15.9 Å². The van der Waals surface area contributed by atoms with Gasteiger partial charge in [0.15, 0.2) is 0 Å². The van der Waals surface area contributed by atoms with Crippen molar-refractivity contribution in [1.82, 2.24) is 9.21 Å². The summed E-state index contributed by atoms with van der Waals surface area (Å²) >= 11 is 1.75. The van der Waals surface area contributed by atoms with Gasteiger partial charge in [-0.2, -0.15) is 4.31 Å². The average Bonchev–Trinajstić information content (AvgIpc) is 3.28. The summed E-state index contributed by atoms with van der Waals surface area (Å²) in [7, 11) is -2.28. The molecule has 2 aliphatic heterocycles. The van der Waals surface area contributed by atoms with Crippen molar-refractivity contribution in [3.63, 3.8) is 0 Å². The van der Waals surface area contributed by atoms with Crippen LogP contribution >= 0.6 is 11.3 Å². The molecule has 0 N–H and O–H groups in total. The van der Waals surface area contributed by atoms with E-state index in [1.165, 1.54) is 21.9 Å². The number of fused-ring (bicyclic) bond motifs is 1. The molecular formula is C22H28N2O5S2. The third-order valence-electron chi connectivity index (χ3n) is 5.97. The van der Waals surface area contributed by atoms with Gasteiger partial charge < -0.3 is 14.4 Å². The first-order valence-corrected chi connectivity index (χ1v) is 12.9. The van der Waals surface area contributed by atoms with Gasteiger partial charge in [0.1, 0.15) is 10.6 Å². The molecule has 2 aromatic rings. The van der Waals surface area contributed by atoms with Gasteiger partial charge in [-0.1, -0.05) is 13.0 Å². The van der Waals surface area contributed by atoms with Crippen LogP contribution in [0.1, 0.15) is 35.4 Å². The average molecular weight is 465 g/mol. The Balaban J connectivity index is 1.58. The summed E-state index contributed by atoms with van der Waals surface area (Å²) in [6.45, 7) is 4.15. The van der Waals surface area contributed by atoms with Crippen LogP contribution in [0.5, 0.6) is 5.75 Å². The smallest absolute Gasteiger partial charge is 0.246 e. The van der Waals surface area contributed by atoms with Gasteiger partial charge in [0.05, 0.1) is 32.8 Å². The van der Waals surface area contributed by atoms with Crippen molar-refractivity contribution in [1.29, 1.82) is 0 Å². The summed E-state index contributed by atoms with van der Waals surface area (Å²) in [6, 6.07) is 7.20. The number of ether oxygens (including phenoxy) is 2. The van der Waals surface area contributed by atoms with Crippen molar-refractivity contribution in [2.75, 3.05) is 40.0 Å². The fourth-order valence-corrected chi connectivity index (χ4v) is 6.91. The molecule has 3 heterocycles. The molecule has 0 bridgehead atoms. The number of hydrogen-bond acceptors (Lipinski definition) is 6. The minimum Gasteiger partial charge on any atom is -0.495 e. The van der Waals surface area contributed by atoms with Crippen LogP contribution in [0.25, 0.3) is 0 Å². The lowest BCUT2D eigenvalue weighted by atomic mass is 9.97. The quantitative estimate of drug-likeness (QED) is 0.657. The summed E-state index contributed by atoms with van der Waals surface area (Å²) < 4.78 is 38.4. The van der Waals surface area contributed by atoms with Crippen molar-refractivity contribution >= 4 is 27.3 Å². The molecule has 1 aromatic carbocycles. The van der Waals surface area contributed by atoms with Crippen molar-refractivity contribution in [3.8, 4) is 5.75 Å². The molecule has 1 atom stereocenters. The minimum atomic E-state index is -3.73. The lowest BCUT2D eigenvalue weighted by Crippen LogP contribution is -2.41. The Hall–Kier alpha value is -1.94. The van der Waals surface area contributed by atoms with E-state index in [0.29, 0.717) is 38.4 Å². The monoisotopic (exact) mass is 464 g/mol. The van der Waals surface area contributed by atoms with Crippen LogP contribution in [0, 0.1) is 0 Å². The SMILES string of the molecule is CCC1c2ccsc2CCN1C(=O)Cc1ccc(OC)c(S(=O)(=O)N2CCOCC2)c1. The molecule has 7 nitrogen and oxygen atoms in total. The Morgan fingerprint density at radius 1 is 1.23 bits per heavy atom. The van der Waals surface area contributed by atoms with E-state index in [4.69, 9.17) is 9.47 Å². The predicted molar refractivity (Wildman–Crippen MR) is 119 cm³/mol. The van der Waals surface area contributed by atoms with Gasteiger partial charge >= 0.3 is 0 Å². The maximum atomic E-state index is 13.2. The van der Waals surface area contributed by atoms with E-state index in [-0.39, 0.29) is 29.0 Å². The number of sulfonamides is 1. The molecule has 1 saturated heterocycles. The van der Waals surface area contributed by atoms with E-state index < -0.39 is 10.0 Å². The molecule has 4 rings (SSSR count). The third kappa shape index (κ3) is 4.37. The fraction of sp³-hybridized carbons (Fsp3) is 0.500. The van der Waals surface area contributed by atoms with Crippen molar-refractivity contribution < 1.29 is 22.7 Å². The van der Waals surface area contributed by atoms with Gasteiger partial charge in [-0.25, -0.2) is 8.42 Å². The van der Waals surface area contributed by atoms with Crippen LogP contribution in [0.4, 0.5) is 0 Å². The van der Waals surface area contributed by atoms with E-state index in [1.807, 2.05) is 4.90 Å². The fourth-order valence-electron chi connectivity index (χ4n) is 4.37. The zero-order chi connectivity index (χ0) is 22.0. The zero-order valence-electron chi connectivity index (χ0n) is 17.9. The maximum Gasteiger partial charge on any atom is 0.246 e. The predicted octanol–water partition coefficient (Wildman–Crippen LogP) is 2.86. The molecule has 2 aliphatic rings. The summed E-state index contributed by atoms with van der Waals surface area (Å²) in [5, 5.41) is 2.09. The first kappa shape index (κ1) is 22.3. The Kier molecular flexibility index (Phi) is 6.66. The summed E-state index contributed by atoms with van der Waals surface area (Å²) in [4.78, 5) is 16.6. The molecular weight excluding hydrogens is 436 g/mol. The molecule has 1 amide bonds. The zero-order valence-corrected chi connectivity index (χ0v) is 19.5. The van der Waals surface area contributed by atoms with Gasteiger partial charge in [-0.05, 0) is 47.5 Å². The van der Waals surface area contributed by atoms with Crippen LogP contribution in [0.15, 0.2) is 34.5 Å². The lowest BCUT2D eigenvalue weighted by Gasteiger charge is -2.35. The van der Waals surface area contributed by atoms with Gasteiger partial charge in [0, 0.05) is 24.5 Å². The van der Waals surface area contributed by atoms with Crippen molar-refractivity contribution in [3.05, 3.63) is 45.6 Å². The van der Waals surface area contributed by atoms with Crippen LogP contribution in [-0.4, -0.2) is 63.5 Å². The van der Waals surface area contributed by atoms with Crippen LogP contribution < -0.4 is 4.74 Å². The number of morpholine rings is 1. The highest BCUT2D eigenvalue weighted by Gasteiger charge is 2.32. The van der Waals surface area contributed by atoms with Crippen molar-refractivity contribution in [2.24, 2.45) is 0 Å². The molecule has 9 heteroatoms. The van der Waals surface area contributed by atoms with E-state index in [2.05, 4.69) is 18.4 Å². The molecule has 1 fully saturated rings. The summed E-state index contributed by atoms with van der Waals surface area (Å²) in [6.07, 6.45) is 1.88. The standard InChI is InChI=1S/C22H28N2O5S2/c1-3-18-17-7-13-30-20(17)6-8-24(18)22(25)15-16-4-5-19(28-2)21(14-16)31(26,27)23-9-11-29-12-10-23/h4-5,7,13-14,18H,3,6,8-12,15H2,1-2H3. The minimum absolute atomic E-state index is 0.0172. The lowest BCUT2D eigenvalue weighted by molar-refractivity contribution is -0.133. The highest BCUT2D eigenvalue weighted by atomic mass is 32.2. The Morgan fingerprint density at radius 2 is 2.00 bits per heavy atom. The van der Waals surface area contributed by atoms with E-state index >= 15 is 0 Å². The van der Waals surface area contributed by atoms with E-state index in [1.54, 1.807) is 29.5 Å². The second-order valence-electron chi connectivity index (χ2n) is 7.74. The molecule has 0 saturated carbocycles. The molecule has 31 heavy (non-hydrogen) atoms. The van der Waals surface area contributed by atoms with E-state index in [9.17, 15) is 13.2 Å². The van der Waals surface area contributed by atoms with Crippen molar-refractivity contribution in [2.45, 2.75) is 37.1 Å². The number of carbonyl (C=O) groups is 1. The molecule has 0 spiro atoms. The number of thiophene rings is 1. The highest BCUT2D eigenvalue weighted by Crippen LogP contribution is 2.36. The molecule has 0 radical (unpaired) electrons. The van der Waals surface area contributed by atoms with Gasteiger partial charge in [-0.3, -0.25) is 4.79 Å². The van der Waals surface area contributed by atoms with Gasteiger partial charge in [-0.15, -0.1) is 11.3 Å². The summed E-state index contributed by atoms with van der Waals surface area (Å²) in [5.41, 5.74) is 1.92. The van der Waals surface area contributed by atoms with Crippen LogP contribution in [0.2, 0.25) is 0 Å². The maximum absolute atomic E-state index is 13.2. The number of hydrogen-bond donors (Lipinski definition) is 0. The van der Waals surface area contributed by atoms with E-state index in [0.717, 1.165) is 12.8 Å². The normalized spacial score (nSPS) is 19.8. The Morgan fingerprint density at radius 3 is 2.71 bits per heavy atom. The number of carbonyl (C=O) groups excluding carboxylic acids is 1.